The Morgan fingerprint density at radius 1 is 1.06 bits per heavy atom. The molecule has 162 valence electrons. The largest absolute Gasteiger partial charge is 0.493 e. The molecule has 0 aliphatic rings. The summed E-state index contributed by atoms with van der Waals surface area (Å²) < 4.78 is 10.8. The van der Waals surface area contributed by atoms with Crippen molar-refractivity contribution in [2.75, 3.05) is 19.8 Å². The molecule has 7 nitrogen and oxygen atoms in total. The number of benzene rings is 2. The Balaban J connectivity index is 1.41. The van der Waals surface area contributed by atoms with Crippen LogP contribution in [0.4, 0.5) is 0 Å². The molecule has 0 aliphatic carbocycles. The lowest BCUT2D eigenvalue weighted by atomic mass is 10.1. The number of fused-ring (bicyclic) bond motifs is 1. The summed E-state index contributed by atoms with van der Waals surface area (Å²) in [5.74, 6) is -0.326. The van der Waals surface area contributed by atoms with E-state index in [9.17, 15) is 14.4 Å². The Hall–Kier alpha value is -3.61. The minimum Gasteiger partial charge on any atom is -0.493 e. The number of pyridine rings is 1. The SMILES string of the molecule is Cc1cc(C)c(C)c(OCCCNC(=O)COC(=O)c2cc3ccccc3c(=O)[nH]2)c1. The monoisotopic (exact) mass is 422 g/mol. The van der Waals surface area contributed by atoms with Crippen molar-refractivity contribution in [3.63, 3.8) is 0 Å². The number of carbonyl (C=O) groups is 2. The van der Waals surface area contributed by atoms with E-state index in [0.29, 0.717) is 30.3 Å². The molecule has 0 unspecified atom stereocenters. The van der Waals surface area contributed by atoms with Gasteiger partial charge in [-0.3, -0.25) is 9.59 Å². The second-order valence-corrected chi connectivity index (χ2v) is 7.43. The summed E-state index contributed by atoms with van der Waals surface area (Å²) in [6, 6.07) is 12.6. The average molecular weight is 422 g/mol. The summed E-state index contributed by atoms with van der Waals surface area (Å²) in [4.78, 5) is 38.6. The van der Waals surface area contributed by atoms with Crippen molar-refractivity contribution in [3.05, 3.63) is 75.2 Å². The molecule has 0 saturated heterocycles. The van der Waals surface area contributed by atoms with E-state index in [1.807, 2.05) is 26.8 Å². The summed E-state index contributed by atoms with van der Waals surface area (Å²) >= 11 is 0. The van der Waals surface area contributed by atoms with Crippen LogP contribution in [0.25, 0.3) is 10.8 Å². The van der Waals surface area contributed by atoms with Gasteiger partial charge >= 0.3 is 5.97 Å². The van der Waals surface area contributed by atoms with Crippen molar-refractivity contribution >= 4 is 22.6 Å². The molecule has 1 aromatic heterocycles. The van der Waals surface area contributed by atoms with E-state index in [1.165, 1.54) is 11.6 Å². The number of aryl methyl sites for hydroxylation is 2. The van der Waals surface area contributed by atoms with Gasteiger partial charge < -0.3 is 19.8 Å². The molecule has 3 rings (SSSR count). The minimum absolute atomic E-state index is 0.00807. The maximum absolute atomic E-state index is 12.2. The molecule has 0 atom stereocenters. The fourth-order valence-electron chi connectivity index (χ4n) is 3.21. The molecule has 0 spiro atoms. The van der Waals surface area contributed by atoms with E-state index >= 15 is 0 Å². The highest BCUT2D eigenvalue weighted by atomic mass is 16.5. The summed E-state index contributed by atoms with van der Waals surface area (Å²) in [7, 11) is 0. The molecule has 2 N–H and O–H groups in total. The zero-order valence-corrected chi connectivity index (χ0v) is 17.9. The van der Waals surface area contributed by atoms with Gasteiger partial charge in [-0.05, 0) is 67.5 Å². The Bertz CT molecular complexity index is 1170. The summed E-state index contributed by atoms with van der Waals surface area (Å²) in [6.45, 7) is 6.52. The van der Waals surface area contributed by atoms with Crippen LogP contribution >= 0.6 is 0 Å². The molecule has 0 fully saturated rings. The number of rotatable bonds is 8. The number of amides is 1. The second kappa shape index (κ2) is 9.93. The normalized spacial score (nSPS) is 10.7. The lowest BCUT2D eigenvalue weighted by Crippen LogP contribution is -2.30. The number of hydrogen-bond acceptors (Lipinski definition) is 5. The van der Waals surface area contributed by atoms with Crippen LogP contribution in [0.15, 0.2) is 47.3 Å². The first-order chi connectivity index (χ1) is 14.8. The highest BCUT2D eigenvalue weighted by molar-refractivity contribution is 5.94. The lowest BCUT2D eigenvalue weighted by Gasteiger charge is -2.12. The molecular weight excluding hydrogens is 396 g/mol. The molecule has 7 heteroatoms. The van der Waals surface area contributed by atoms with Crippen LogP contribution in [-0.2, 0) is 9.53 Å². The van der Waals surface area contributed by atoms with Crippen molar-refractivity contribution in [2.45, 2.75) is 27.2 Å². The number of esters is 1. The second-order valence-electron chi connectivity index (χ2n) is 7.43. The van der Waals surface area contributed by atoms with Gasteiger partial charge in [-0.2, -0.15) is 0 Å². The average Bonchev–Trinajstić information content (AvgIpc) is 2.75. The van der Waals surface area contributed by atoms with Gasteiger partial charge in [0.05, 0.1) is 6.61 Å². The molecular formula is C24H26N2O5. The van der Waals surface area contributed by atoms with E-state index < -0.39 is 18.5 Å². The first-order valence-electron chi connectivity index (χ1n) is 10.1. The Kier molecular flexibility index (Phi) is 7.07. The first kappa shape index (κ1) is 22.1. The third-order valence-electron chi connectivity index (χ3n) is 4.97. The molecule has 0 saturated carbocycles. The number of nitrogens with one attached hydrogen (secondary N) is 2. The smallest absolute Gasteiger partial charge is 0.355 e. The Morgan fingerprint density at radius 3 is 2.65 bits per heavy atom. The molecule has 1 amide bonds. The number of aromatic amines is 1. The van der Waals surface area contributed by atoms with Gasteiger partial charge in [0.2, 0.25) is 0 Å². The zero-order valence-electron chi connectivity index (χ0n) is 17.9. The highest BCUT2D eigenvalue weighted by Crippen LogP contribution is 2.23. The number of ether oxygens (including phenoxy) is 2. The van der Waals surface area contributed by atoms with Crippen molar-refractivity contribution in [1.29, 1.82) is 0 Å². The summed E-state index contributed by atoms with van der Waals surface area (Å²) in [6.07, 6.45) is 0.615. The maximum atomic E-state index is 12.2. The molecule has 3 aromatic rings. The third-order valence-corrected chi connectivity index (χ3v) is 4.97. The van der Waals surface area contributed by atoms with Crippen LogP contribution in [0.5, 0.6) is 5.75 Å². The molecule has 0 radical (unpaired) electrons. The van der Waals surface area contributed by atoms with Crippen molar-refractivity contribution in [1.82, 2.24) is 10.3 Å². The molecule has 0 aliphatic heterocycles. The predicted octanol–water partition coefficient (Wildman–Crippen LogP) is 3.20. The van der Waals surface area contributed by atoms with Crippen LogP contribution < -0.4 is 15.6 Å². The number of hydrogen-bond donors (Lipinski definition) is 2. The topological polar surface area (TPSA) is 97.5 Å². The van der Waals surface area contributed by atoms with Crippen molar-refractivity contribution in [2.24, 2.45) is 0 Å². The molecule has 0 bridgehead atoms. The fraction of sp³-hybridized carbons (Fsp3) is 0.292. The van der Waals surface area contributed by atoms with E-state index in [1.54, 1.807) is 24.3 Å². The molecule has 2 aromatic carbocycles. The predicted molar refractivity (Wildman–Crippen MR) is 119 cm³/mol. The highest BCUT2D eigenvalue weighted by Gasteiger charge is 2.13. The van der Waals surface area contributed by atoms with Crippen molar-refractivity contribution in [3.8, 4) is 5.75 Å². The van der Waals surface area contributed by atoms with Crippen LogP contribution in [0.2, 0.25) is 0 Å². The van der Waals surface area contributed by atoms with Crippen LogP contribution in [-0.4, -0.2) is 36.6 Å². The van der Waals surface area contributed by atoms with Gasteiger partial charge in [-0.1, -0.05) is 24.3 Å². The van der Waals surface area contributed by atoms with Gasteiger partial charge in [0.1, 0.15) is 11.4 Å². The Morgan fingerprint density at radius 2 is 1.84 bits per heavy atom. The fourth-order valence-corrected chi connectivity index (χ4v) is 3.21. The van der Waals surface area contributed by atoms with Crippen LogP contribution in [0, 0.1) is 20.8 Å². The Labute approximate surface area is 180 Å². The number of H-pyrrole nitrogens is 1. The maximum Gasteiger partial charge on any atom is 0.355 e. The third kappa shape index (κ3) is 5.72. The summed E-state index contributed by atoms with van der Waals surface area (Å²) in [5, 5.41) is 3.79. The quantitative estimate of drug-likeness (QED) is 0.429. The van der Waals surface area contributed by atoms with Gasteiger partial charge in [0.15, 0.2) is 6.61 Å². The first-order valence-corrected chi connectivity index (χ1v) is 10.1. The molecule has 31 heavy (non-hydrogen) atoms. The number of carbonyl (C=O) groups excluding carboxylic acids is 2. The molecule has 1 heterocycles. The van der Waals surface area contributed by atoms with E-state index in [2.05, 4.69) is 16.4 Å². The summed E-state index contributed by atoms with van der Waals surface area (Å²) in [5.41, 5.74) is 3.05. The van der Waals surface area contributed by atoms with Crippen molar-refractivity contribution < 1.29 is 19.1 Å². The van der Waals surface area contributed by atoms with Gasteiger partial charge in [-0.25, -0.2) is 4.79 Å². The standard InChI is InChI=1S/C24H26N2O5/c1-15-11-16(2)17(3)21(12-15)30-10-6-9-25-22(27)14-31-24(29)20-13-18-7-4-5-8-19(18)23(28)26-20/h4-5,7-8,11-13H,6,9-10,14H2,1-3H3,(H,25,27)(H,26,28). The van der Waals surface area contributed by atoms with E-state index in [4.69, 9.17) is 9.47 Å². The minimum atomic E-state index is -0.758. The number of aromatic nitrogens is 1. The van der Waals surface area contributed by atoms with Crippen LogP contribution in [0.1, 0.15) is 33.6 Å². The zero-order chi connectivity index (χ0) is 22.4. The van der Waals surface area contributed by atoms with Gasteiger partial charge in [-0.15, -0.1) is 0 Å². The van der Waals surface area contributed by atoms with Gasteiger partial charge in [0, 0.05) is 11.9 Å². The van der Waals surface area contributed by atoms with Crippen LogP contribution in [0.3, 0.4) is 0 Å². The lowest BCUT2D eigenvalue weighted by molar-refractivity contribution is -0.124. The van der Waals surface area contributed by atoms with E-state index in [-0.39, 0.29) is 11.3 Å². The van der Waals surface area contributed by atoms with E-state index in [0.717, 1.165) is 16.9 Å². The van der Waals surface area contributed by atoms with Gasteiger partial charge in [0.25, 0.3) is 11.5 Å².